The predicted molar refractivity (Wildman–Crippen MR) is 42.7 cm³/mol. The van der Waals surface area contributed by atoms with Crippen molar-refractivity contribution in [3.05, 3.63) is 29.2 Å². The highest BCUT2D eigenvalue weighted by Gasteiger charge is 2.14. The number of fused-ring (bicyclic) bond motifs is 1. The lowest BCUT2D eigenvalue weighted by molar-refractivity contribution is 0.150. The second-order valence-corrected chi connectivity index (χ2v) is 2.72. The Bertz CT molecular complexity index is 301. The summed E-state index contributed by atoms with van der Waals surface area (Å²) in [5, 5.41) is 12.2. The average molecular weight is 150 g/mol. The highest BCUT2D eigenvalue weighted by atomic mass is 16.3. The summed E-state index contributed by atoms with van der Waals surface area (Å²) in [7, 11) is 0. The summed E-state index contributed by atoms with van der Waals surface area (Å²) in [6.45, 7) is 1.97. The number of aromatic nitrogens is 1. The van der Waals surface area contributed by atoms with Crippen LogP contribution in [0.5, 0.6) is 0 Å². The molecule has 0 saturated carbocycles. The van der Waals surface area contributed by atoms with E-state index in [2.05, 4.69) is 10.3 Å². The van der Waals surface area contributed by atoms with Gasteiger partial charge in [0.2, 0.25) is 0 Å². The van der Waals surface area contributed by atoms with Crippen LogP contribution in [-0.2, 0) is 0 Å². The van der Waals surface area contributed by atoms with Crippen molar-refractivity contribution in [1.82, 2.24) is 10.3 Å². The summed E-state index contributed by atoms with van der Waals surface area (Å²) in [5.41, 5.74) is 2.99. The van der Waals surface area contributed by atoms with Crippen LogP contribution in [0.15, 0.2) is 12.3 Å². The summed E-state index contributed by atoms with van der Waals surface area (Å²) in [6, 6.07) is 2.01. The lowest BCUT2D eigenvalue weighted by Crippen LogP contribution is -2.18. The first kappa shape index (κ1) is 6.49. The van der Waals surface area contributed by atoms with Gasteiger partial charge in [0.25, 0.3) is 0 Å². The minimum absolute atomic E-state index is 0.580. The Morgan fingerprint density at radius 3 is 3.09 bits per heavy atom. The average Bonchev–Trinajstić information content (AvgIpc) is 2.31. The summed E-state index contributed by atoms with van der Waals surface area (Å²) < 4.78 is 0. The van der Waals surface area contributed by atoms with Crippen LogP contribution in [-0.4, -0.2) is 10.1 Å². The molecule has 0 aromatic carbocycles. The van der Waals surface area contributed by atoms with Crippen molar-refractivity contribution < 1.29 is 5.11 Å². The molecule has 0 saturated heterocycles. The third kappa shape index (κ3) is 0.935. The molecule has 0 bridgehead atoms. The molecule has 1 aliphatic rings. The van der Waals surface area contributed by atoms with Crippen molar-refractivity contribution in [2.24, 2.45) is 0 Å². The maximum Gasteiger partial charge on any atom is 0.166 e. The number of aliphatic hydroxyl groups is 1. The zero-order valence-electron chi connectivity index (χ0n) is 6.26. The Morgan fingerprint density at radius 1 is 1.55 bits per heavy atom. The smallest absolute Gasteiger partial charge is 0.166 e. The molecular weight excluding hydrogens is 140 g/mol. The van der Waals surface area contributed by atoms with Crippen LogP contribution in [0.4, 0.5) is 0 Å². The van der Waals surface area contributed by atoms with E-state index < -0.39 is 6.23 Å². The Morgan fingerprint density at radius 2 is 2.36 bits per heavy atom. The van der Waals surface area contributed by atoms with Crippen molar-refractivity contribution >= 4 is 6.08 Å². The fourth-order valence-electron chi connectivity index (χ4n) is 1.31. The molecule has 0 spiro atoms. The number of rotatable bonds is 0. The van der Waals surface area contributed by atoms with Crippen LogP contribution < -0.4 is 5.32 Å². The number of H-pyrrole nitrogens is 1. The lowest BCUT2D eigenvalue weighted by Gasteiger charge is -2.14. The molecule has 11 heavy (non-hydrogen) atoms. The fourth-order valence-corrected chi connectivity index (χ4v) is 1.31. The van der Waals surface area contributed by atoms with E-state index in [1.807, 2.05) is 19.1 Å². The summed E-state index contributed by atoms with van der Waals surface area (Å²) in [5.74, 6) is 0. The second-order valence-electron chi connectivity index (χ2n) is 2.72. The Kier molecular flexibility index (Phi) is 1.26. The van der Waals surface area contributed by atoms with E-state index in [9.17, 15) is 5.11 Å². The van der Waals surface area contributed by atoms with Crippen LogP contribution in [0.2, 0.25) is 0 Å². The number of aromatic amines is 1. The van der Waals surface area contributed by atoms with Crippen molar-refractivity contribution in [3.63, 3.8) is 0 Å². The Balaban J connectivity index is 2.53. The summed E-state index contributed by atoms with van der Waals surface area (Å²) in [6.07, 6.45) is 3.11. The van der Waals surface area contributed by atoms with E-state index >= 15 is 0 Å². The van der Waals surface area contributed by atoms with Gasteiger partial charge in [-0.15, -0.1) is 0 Å². The van der Waals surface area contributed by atoms with Gasteiger partial charge in [-0.3, -0.25) is 0 Å². The molecule has 0 fully saturated rings. The topological polar surface area (TPSA) is 48.0 Å². The van der Waals surface area contributed by atoms with Gasteiger partial charge in [0, 0.05) is 11.3 Å². The number of hydrogen-bond donors (Lipinski definition) is 3. The number of hydrogen-bond acceptors (Lipinski definition) is 2. The zero-order valence-corrected chi connectivity index (χ0v) is 6.26. The maximum absolute atomic E-state index is 9.38. The van der Waals surface area contributed by atoms with Crippen molar-refractivity contribution in [1.29, 1.82) is 0 Å². The van der Waals surface area contributed by atoms with Crippen LogP contribution in [0.1, 0.15) is 23.2 Å². The van der Waals surface area contributed by atoms with Gasteiger partial charge < -0.3 is 15.4 Å². The van der Waals surface area contributed by atoms with Gasteiger partial charge in [0.1, 0.15) is 0 Å². The molecule has 1 atom stereocenters. The maximum atomic E-state index is 9.38. The molecule has 1 unspecified atom stereocenters. The van der Waals surface area contributed by atoms with Gasteiger partial charge in [-0.2, -0.15) is 0 Å². The first-order valence-electron chi connectivity index (χ1n) is 3.57. The number of nitrogens with one attached hydrogen (secondary N) is 2. The van der Waals surface area contributed by atoms with E-state index in [0.29, 0.717) is 0 Å². The van der Waals surface area contributed by atoms with Gasteiger partial charge in [0.15, 0.2) is 6.23 Å². The van der Waals surface area contributed by atoms with Gasteiger partial charge >= 0.3 is 0 Å². The van der Waals surface area contributed by atoms with Crippen molar-refractivity contribution in [2.75, 3.05) is 0 Å². The second kappa shape index (κ2) is 2.13. The van der Waals surface area contributed by atoms with Gasteiger partial charge in [0.05, 0.1) is 5.69 Å². The predicted octanol–water partition coefficient (Wildman–Crippen LogP) is 0.888. The van der Waals surface area contributed by atoms with E-state index in [-0.39, 0.29) is 0 Å². The van der Waals surface area contributed by atoms with E-state index in [0.717, 1.165) is 17.0 Å². The van der Waals surface area contributed by atoms with Crippen LogP contribution in [0.3, 0.4) is 0 Å². The largest absolute Gasteiger partial charge is 0.368 e. The Hall–Kier alpha value is -1.22. The normalized spacial score (nSPS) is 21.1. The monoisotopic (exact) mass is 150 g/mol. The molecular formula is C8H10N2O. The molecule has 3 nitrogen and oxygen atoms in total. The van der Waals surface area contributed by atoms with Crippen molar-refractivity contribution in [2.45, 2.75) is 13.2 Å². The van der Waals surface area contributed by atoms with Crippen LogP contribution in [0, 0.1) is 6.92 Å². The SMILES string of the molecule is Cc1cc2c([nH]1)C(O)NC=C2. The number of aryl methyl sites for hydroxylation is 1. The fraction of sp³-hybridized carbons (Fsp3) is 0.250. The van der Waals surface area contributed by atoms with Gasteiger partial charge in [-0.1, -0.05) is 0 Å². The van der Waals surface area contributed by atoms with Crippen LogP contribution in [0.25, 0.3) is 6.08 Å². The molecule has 1 aromatic heterocycles. The summed E-state index contributed by atoms with van der Waals surface area (Å²) >= 11 is 0. The molecule has 3 heteroatoms. The van der Waals surface area contributed by atoms with E-state index in [4.69, 9.17) is 0 Å². The first-order valence-corrected chi connectivity index (χ1v) is 3.57. The standard InChI is InChI=1S/C8H10N2O/c1-5-4-6-2-3-9-8(11)7(6)10-5/h2-4,8-11H,1H3. The van der Waals surface area contributed by atoms with Crippen LogP contribution >= 0.6 is 0 Å². The zero-order chi connectivity index (χ0) is 7.84. The lowest BCUT2D eigenvalue weighted by atomic mass is 10.2. The van der Waals surface area contributed by atoms with E-state index in [1.165, 1.54) is 0 Å². The van der Waals surface area contributed by atoms with Gasteiger partial charge in [-0.25, -0.2) is 0 Å². The minimum atomic E-state index is -0.580. The van der Waals surface area contributed by atoms with Crippen molar-refractivity contribution in [3.8, 4) is 0 Å². The molecule has 3 N–H and O–H groups in total. The molecule has 1 aromatic rings. The number of aliphatic hydroxyl groups excluding tert-OH is 1. The Labute approximate surface area is 64.7 Å². The molecule has 0 amide bonds. The van der Waals surface area contributed by atoms with E-state index in [1.54, 1.807) is 6.20 Å². The third-order valence-electron chi connectivity index (χ3n) is 1.81. The van der Waals surface area contributed by atoms with Gasteiger partial charge in [-0.05, 0) is 25.3 Å². The third-order valence-corrected chi connectivity index (χ3v) is 1.81. The highest BCUT2D eigenvalue weighted by Crippen LogP contribution is 2.21. The quantitative estimate of drug-likeness (QED) is 0.514. The molecule has 2 rings (SSSR count). The highest BCUT2D eigenvalue weighted by molar-refractivity contribution is 5.55. The first-order chi connectivity index (χ1) is 5.27. The molecule has 2 heterocycles. The summed E-state index contributed by atoms with van der Waals surface area (Å²) in [4.78, 5) is 3.08. The molecule has 0 radical (unpaired) electrons. The minimum Gasteiger partial charge on any atom is -0.368 e. The molecule has 58 valence electrons. The molecule has 1 aliphatic heterocycles. The molecule has 0 aliphatic carbocycles.